The van der Waals surface area contributed by atoms with E-state index in [1.54, 1.807) is 36.4 Å². The molecule has 0 saturated heterocycles. The number of nitrogens with zero attached hydrogens (tertiary/aromatic N) is 1. The summed E-state index contributed by atoms with van der Waals surface area (Å²) in [5.74, 6) is -1.58. The third-order valence-corrected chi connectivity index (χ3v) is 7.17. The molecule has 44 heavy (non-hydrogen) atoms. The normalized spacial score (nSPS) is 12.3. The van der Waals surface area contributed by atoms with E-state index >= 15 is 0 Å². The van der Waals surface area contributed by atoms with Gasteiger partial charge in [-0.25, -0.2) is 18.0 Å². The number of esters is 1. The third kappa shape index (κ3) is 7.59. The van der Waals surface area contributed by atoms with Crippen molar-refractivity contribution in [2.45, 2.75) is 25.1 Å². The number of hydrogen-bond donors (Lipinski definition) is 3. The summed E-state index contributed by atoms with van der Waals surface area (Å²) in [4.78, 5) is 37.3. The van der Waals surface area contributed by atoms with Crippen molar-refractivity contribution >= 4 is 56.9 Å². The Hall–Kier alpha value is -5.22. The number of carbonyl (C=O) groups excluding carboxylic acids is 3. The van der Waals surface area contributed by atoms with E-state index in [-0.39, 0.29) is 29.8 Å². The number of halogens is 3. The third-order valence-electron chi connectivity index (χ3n) is 5.90. The van der Waals surface area contributed by atoms with Crippen molar-refractivity contribution in [2.24, 2.45) is 0 Å². The van der Waals surface area contributed by atoms with Crippen LogP contribution in [-0.2, 0) is 31.0 Å². The Balaban J connectivity index is 1.40. The molecule has 4 rings (SSSR count). The van der Waals surface area contributed by atoms with E-state index in [2.05, 4.69) is 5.32 Å². The Kier molecular flexibility index (Phi) is 9.35. The zero-order valence-corrected chi connectivity index (χ0v) is 23.4. The predicted octanol–water partition coefficient (Wildman–Crippen LogP) is 4.71. The number of alkyl halides is 3. The number of fused-ring (bicyclic) bond motifs is 1. The van der Waals surface area contributed by atoms with Crippen LogP contribution in [0.5, 0.6) is 5.75 Å². The Labute approximate surface area is 247 Å². The number of alkyl carbamates (subject to hydrolysis) is 1. The van der Waals surface area contributed by atoms with Gasteiger partial charge >= 0.3 is 27.6 Å². The molecule has 0 aliphatic heterocycles. The molecule has 3 N–H and O–H groups in total. The Morgan fingerprint density at radius 3 is 2.36 bits per heavy atom. The summed E-state index contributed by atoms with van der Waals surface area (Å²) < 4.78 is 77.1. The first-order valence-corrected chi connectivity index (χ1v) is 14.0. The molecule has 0 aliphatic rings. The number of ether oxygens (including phenoxy) is 2. The summed E-state index contributed by atoms with van der Waals surface area (Å²) in [5.41, 5.74) is -3.88. The van der Waals surface area contributed by atoms with Gasteiger partial charge in [-0.2, -0.15) is 17.9 Å². The molecule has 0 spiro atoms. The van der Waals surface area contributed by atoms with E-state index in [0.717, 1.165) is 17.4 Å². The number of furan rings is 1. The van der Waals surface area contributed by atoms with Gasteiger partial charge in [0.1, 0.15) is 29.8 Å². The molecule has 0 bridgehead atoms. The fourth-order valence-electron chi connectivity index (χ4n) is 3.70. The molecule has 0 fully saturated rings. The second kappa shape index (κ2) is 13.0. The van der Waals surface area contributed by atoms with Gasteiger partial charge in [-0.3, -0.25) is 20.4 Å². The second-order valence-electron chi connectivity index (χ2n) is 9.08. The minimum Gasteiger partial charge on any atom is -0.444 e. The molecule has 16 heteroatoms. The predicted molar refractivity (Wildman–Crippen MR) is 151 cm³/mol. The quantitative estimate of drug-likeness (QED) is 0.0743. The van der Waals surface area contributed by atoms with Crippen molar-refractivity contribution in [1.29, 1.82) is 5.41 Å². The van der Waals surface area contributed by atoms with Crippen molar-refractivity contribution in [3.63, 3.8) is 0 Å². The molecule has 1 atom stereocenters. The van der Waals surface area contributed by atoms with Gasteiger partial charge in [-0.05, 0) is 55.0 Å². The van der Waals surface area contributed by atoms with Crippen molar-refractivity contribution in [2.75, 3.05) is 4.90 Å². The van der Waals surface area contributed by atoms with Gasteiger partial charge in [0.05, 0.1) is 5.69 Å². The highest BCUT2D eigenvalue weighted by atomic mass is 32.2. The van der Waals surface area contributed by atoms with Crippen LogP contribution in [0.2, 0.25) is 0 Å². The number of hydrogen-bond acceptors (Lipinski definition) is 9. The first-order valence-electron chi connectivity index (χ1n) is 12.5. The number of amidine groups is 1. The number of amides is 2. The summed E-state index contributed by atoms with van der Waals surface area (Å²) in [7, 11) is -5.77. The molecule has 4 aromatic rings. The van der Waals surface area contributed by atoms with Crippen LogP contribution in [0, 0.1) is 5.41 Å². The highest BCUT2D eigenvalue weighted by Gasteiger charge is 2.47. The Morgan fingerprint density at radius 2 is 1.73 bits per heavy atom. The maximum Gasteiger partial charge on any atom is 0.511 e. The van der Waals surface area contributed by atoms with Crippen LogP contribution in [-0.4, -0.2) is 44.3 Å². The topological polar surface area (TPSA) is 168 Å². The first-order chi connectivity index (χ1) is 20.8. The lowest BCUT2D eigenvalue weighted by molar-refractivity contribution is -0.135. The number of benzene rings is 3. The Morgan fingerprint density at radius 1 is 1.05 bits per heavy atom. The lowest BCUT2D eigenvalue weighted by Gasteiger charge is -2.16. The van der Waals surface area contributed by atoms with Crippen LogP contribution in [0.4, 0.5) is 29.5 Å². The molecule has 230 valence electrons. The monoisotopic (exact) mass is 632 g/mol. The lowest BCUT2D eigenvalue weighted by atomic mass is 10.1. The molecule has 1 aromatic heterocycles. The van der Waals surface area contributed by atoms with Gasteiger partial charge in [0, 0.05) is 17.0 Å². The van der Waals surface area contributed by atoms with Crippen molar-refractivity contribution in [3.8, 4) is 5.75 Å². The van der Waals surface area contributed by atoms with Gasteiger partial charge < -0.3 is 13.9 Å². The molecule has 12 nitrogen and oxygen atoms in total. The largest absolute Gasteiger partial charge is 0.511 e. The van der Waals surface area contributed by atoms with Crippen molar-refractivity contribution in [3.05, 3.63) is 90.0 Å². The van der Waals surface area contributed by atoms with Crippen molar-refractivity contribution in [1.82, 2.24) is 10.0 Å². The highest BCUT2D eigenvalue weighted by Crippen LogP contribution is 2.32. The van der Waals surface area contributed by atoms with Gasteiger partial charge in [0.15, 0.2) is 0 Å². The number of rotatable bonds is 10. The molecular formula is C28H23F3N4O8S. The second-order valence-corrected chi connectivity index (χ2v) is 10.8. The van der Waals surface area contributed by atoms with Crippen LogP contribution in [0.25, 0.3) is 11.0 Å². The summed E-state index contributed by atoms with van der Waals surface area (Å²) in [6.45, 7) is 0.911. The van der Waals surface area contributed by atoms with Gasteiger partial charge in [-0.1, -0.05) is 30.3 Å². The average Bonchev–Trinajstić information content (AvgIpc) is 3.40. The number of nitrogens with one attached hydrogen (secondary N) is 3. The van der Waals surface area contributed by atoms with E-state index in [0.29, 0.717) is 22.9 Å². The standard InChI is InChI=1S/C28H23F3N4O8S/c1-17(34-44(39,40)28(29,30)31)26(37)42-22-10-8-21(9-11-22)35(16-36)24-14-20-13-19(7-12-23(20)43-24)25(32)33-27(38)41-15-18-5-3-2-4-6-18/h2-14,16-17,34H,15H2,1H3,(H2,32,33,38). The zero-order valence-electron chi connectivity index (χ0n) is 22.6. The summed E-state index contributed by atoms with van der Waals surface area (Å²) in [6, 6.07) is 18.5. The Bertz CT molecular complexity index is 1790. The smallest absolute Gasteiger partial charge is 0.444 e. The van der Waals surface area contributed by atoms with Gasteiger partial charge in [-0.15, -0.1) is 0 Å². The van der Waals surface area contributed by atoms with Crippen LogP contribution in [0.1, 0.15) is 18.1 Å². The minimum atomic E-state index is -5.77. The minimum absolute atomic E-state index is 0.0254. The number of anilines is 2. The highest BCUT2D eigenvalue weighted by molar-refractivity contribution is 7.90. The van der Waals surface area contributed by atoms with Crippen molar-refractivity contribution < 1.29 is 49.9 Å². The number of sulfonamides is 1. The van der Waals surface area contributed by atoms with E-state index in [1.807, 2.05) is 6.07 Å². The maximum atomic E-state index is 12.5. The maximum absolute atomic E-state index is 12.5. The molecular weight excluding hydrogens is 609 g/mol. The first kappa shape index (κ1) is 31.7. The van der Waals surface area contributed by atoms with Crippen LogP contribution in [0.15, 0.2) is 83.3 Å². The molecule has 0 radical (unpaired) electrons. The molecule has 3 aromatic carbocycles. The molecule has 0 saturated carbocycles. The fourth-order valence-corrected chi connectivity index (χ4v) is 4.40. The molecule has 2 amide bonds. The molecule has 1 heterocycles. The van der Waals surface area contributed by atoms with E-state index in [1.165, 1.54) is 41.1 Å². The summed E-state index contributed by atoms with van der Waals surface area (Å²) >= 11 is 0. The van der Waals surface area contributed by atoms with E-state index < -0.39 is 33.6 Å². The van der Waals surface area contributed by atoms with E-state index in [4.69, 9.17) is 19.3 Å². The summed E-state index contributed by atoms with van der Waals surface area (Å²) in [5, 5.41) is 11.1. The molecule has 1 unspecified atom stereocenters. The SMILES string of the molecule is CC(NS(=O)(=O)C(F)(F)F)C(=O)Oc1ccc(N(C=O)c2cc3cc(C(=N)NC(=O)OCc4ccccc4)ccc3o2)cc1. The number of carbonyl (C=O) groups is 3. The average molecular weight is 633 g/mol. The van der Waals surface area contributed by atoms with Gasteiger partial charge in [0.25, 0.3) is 0 Å². The fraction of sp³-hybridized carbons (Fsp3) is 0.143. The van der Waals surface area contributed by atoms with Crippen LogP contribution in [0.3, 0.4) is 0 Å². The van der Waals surface area contributed by atoms with Gasteiger partial charge in [0.2, 0.25) is 12.3 Å². The summed E-state index contributed by atoms with van der Waals surface area (Å²) in [6.07, 6.45) is -0.370. The lowest BCUT2D eigenvalue weighted by Crippen LogP contribution is -2.46. The van der Waals surface area contributed by atoms with Crippen LogP contribution >= 0.6 is 0 Å². The van der Waals surface area contributed by atoms with Crippen LogP contribution < -0.4 is 19.7 Å². The zero-order chi connectivity index (χ0) is 32.1. The molecule has 0 aliphatic carbocycles. The van der Waals surface area contributed by atoms with E-state index in [9.17, 15) is 36.0 Å².